The number of hydrogen-bond acceptors (Lipinski definition) is 2. The first-order valence-electron chi connectivity index (χ1n) is 7.48. The summed E-state index contributed by atoms with van der Waals surface area (Å²) in [6, 6.07) is 1.55. The van der Waals surface area contributed by atoms with Crippen LogP contribution in [-0.4, -0.2) is 23.6 Å². The van der Waals surface area contributed by atoms with Crippen molar-refractivity contribution in [1.29, 1.82) is 0 Å². The first kappa shape index (κ1) is 15.4. The molecule has 0 aliphatic heterocycles. The van der Waals surface area contributed by atoms with Crippen molar-refractivity contribution in [2.45, 2.75) is 83.1 Å². The highest BCUT2D eigenvalue weighted by molar-refractivity contribution is 7.99. The lowest BCUT2D eigenvalue weighted by Gasteiger charge is -2.32. The molecule has 0 amide bonds. The van der Waals surface area contributed by atoms with Gasteiger partial charge in [-0.05, 0) is 50.7 Å². The summed E-state index contributed by atoms with van der Waals surface area (Å²) in [6.07, 6.45) is 11.8. The molecule has 17 heavy (non-hydrogen) atoms. The summed E-state index contributed by atoms with van der Waals surface area (Å²) in [4.78, 5) is 0. The zero-order valence-electron chi connectivity index (χ0n) is 12.2. The second-order valence-corrected chi connectivity index (χ2v) is 6.87. The number of hydrogen-bond donors (Lipinski definition) is 1. The van der Waals surface area contributed by atoms with Gasteiger partial charge in [0.05, 0.1) is 0 Å². The maximum Gasteiger partial charge on any atom is 0.00704 e. The topological polar surface area (TPSA) is 12.0 Å². The molecule has 0 bridgehead atoms. The number of rotatable bonds is 7. The third-order valence-electron chi connectivity index (χ3n) is 4.36. The van der Waals surface area contributed by atoms with E-state index in [4.69, 9.17) is 0 Å². The molecular weight excluding hydrogens is 226 g/mol. The van der Waals surface area contributed by atoms with E-state index in [1.807, 2.05) is 0 Å². The van der Waals surface area contributed by atoms with Crippen LogP contribution in [0.4, 0.5) is 0 Å². The van der Waals surface area contributed by atoms with E-state index in [-0.39, 0.29) is 0 Å². The molecule has 1 aliphatic carbocycles. The Morgan fingerprint density at radius 2 is 1.76 bits per heavy atom. The highest BCUT2D eigenvalue weighted by Crippen LogP contribution is 2.27. The van der Waals surface area contributed by atoms with Gasteiger partial charge in [-0.1, -0.05) is 27.2 Å². The van der Waals surface area contributed by atoms with Crippen LogP contribution in [0.3, 0.4) is 0 Å². The van der Waals surface area contributed by atoms with Gasteiger partial charge in [0, 0.05) is 17.3 Å². The predicted molar refractivity (Wildman–Crippen MR) is 80.8 cm³/mol. The van der Waals surface area contributed by atoms with Crippen molar-refractivity contribution >= 4 is 11.8 Å². The minimum Gasteiger partial charge on any atom is -0.311 e. The smallest absolute Gasteiger partial charge is 0.00704 e. The quantitative estimate of drug-likeness (QED) is 0.722. The summed E-state index contributed by atoms with van der Waals surface area (Å²) in [6.45, 7) is 7.02. The Morgan fingerprint density at radius 3 is 2.24 bits per heavy atom. The van der Waals surface area contributed by atoms with Gasteiger partial charge in [-0.15, -0.1) is 0 Å². The molecule has 0 aromatic rings. The van der Waals surface area contributed by atoms with Gasteiger partial charge in [-0.2, -0.15) is 11.8 Å². The van der Waals surface area contributed by atoms with Gasteiger partial charge >= 0.3 is 0 Å². The van der Waals surface area contributed by atoms with E-state index < -0.39 is 0 Å². The van der Waals surface area contributed by atoms with Crippen molar-refractivity contribution in [3.8, 4) is 0 Å². The molecule has 1 saturated carbocycles. The summed E-state index contributed by atoms with van der Waals surface area (Å²) < 4.78 is 0. The molecule has 2 atom stereocenters. The van der Waals surface area contributed by atoms with Gasteiger partial charge in [0.25, 0.3) is 0 Å². The highest BCUT2D eigenvalue weighted by atomic mass is 32.2. The lowest BCUT2D eigenvalue weighted by atomic mass is 9.92. The highest BCUT2D eigenvalue weighted by Gasteiger charge is 2.22. The molecule has 0 spiro atoms. The maximum absolute atomic E-state index is 3.91. The Hall–Kier alpha value is 0.310. The Morgan fingerprint density at radius 1 is 1.12 bits per heavy atom. The van der Waals surface area contributed by atoms with E-state index in [0.29, 0.717) is 0 Å². The van der Waals surface area contributed by atoms with E-state index in [0.717, 1.165) is 23.3 Å². The van der Waals surface area contributed by atoms with Crippen LogP contribution in [0.5, 0.6) is 0 Å². The summed E-state index contributed by atoms with van der Waals surface area (Å²) in [5.74, 6) is 0.870. The van der Waals surface area contributed by atoms with Crippen LogP contribution in [0.1, 0.15) is 65.7 Å². The number of thioether (sulfide) groups is 1. The molecule has 1 fully saturated rings. The average molecular weight is 257 g/mol. The van der Waals surface area contributed by atoms with Crippen LogP contribution >= 0.6 is 11.8 Å². The summed E-state index contributed by atoms with van der Waals surface area (Å²) >= 11 is 2.06. The van der Waals surface area contributed by atoms with E-state index in [2.05, 4.69) is 44.1 Å². The van der Waals surface area contributed by atoms with Crippen LogP contribution in [0.25, 0.3) is 0 Å². The lowest BCUT2D eigenvalue weighted by molar-refractivity contribution is 0.302. The van der Waals surface area contributed by atoms with Crippen molar-refractivity contribution in [3.63, 3.8) is 0 Å². The zero-order chi connectivity index (χ0) is 12.7. The standard InChI is InChI=1S/C15H31NS/c1-5-12(3)11-13(6-2)16-14-7-9-15(17-4)10-8-14/h12-16H,5-11H2,1-4H3. The largest absolute Gasteiger partial charge is 0.311 e. The zero-order valence-corrected chi connectivity index (χ0v) is 13.0. The Kier molecular flexibility index (Phi) is 7.61. The van der Waals surface area contributed by atoms with E-state index in [1.165, 1.54) is 44.9 Å². The van der Waals surface area contributed by atoms with E-state index in [9.17, 15) is 0 Å². The van der Waals surface area contributed by atoms with Crippen LogP contribution < -0.4 is 5.32 Å². The number of nitrogens with one attached hydrogen (secondary N) is 1. The van der Waals surface area contributed by atoms with Crippen LogP contribution in [0.15, 0.2) is 0 Å². The van der Waals surface area contributed by atoms with E-state index in [1.54, 1.807) is 0 Å². The first-order chi connectivity index (χ1) is 8.19. The molecule has 0 radical (unpaired) electrons. The SMILES string of the molecule is CCC(C)CC(CC)NC1CCC(SC)CC1. The fraction of sp³-hybridized carbons (Fsp3) is 1.00. The Labute approximate surface area is 113 Å². The fourth-order valence-corrected chi connectivity index (χ4v) is 3.55. The Balaban J connectivity index is 2.26. The van der Waals surface area contributed by atoms with Gasteiger partial charge in [-0.3, -0.25) is 0 Å². The third-order valence-corrected chi connectivity index (χ3v) is 5.49. The summed E-state index contributed by atoms with van der Waals surface area (Å²) in [5, 5.41) is 4.84. The minimum absolute atomic E-state index is 0.751. The molecule has 0 aromatic heterocycles. The molecule has 2 heteroatoms. The molecule has 0 saturated heterocycles. The molecule has 1 rings (SSSR count). The molecule has 1 aliphatic rings. The molecule has 2 unspecified atom stereocenters. The van der Waals surface area contributed by atoms with Gasteiger partial charge in [0.1, 0.15) is 0 Å². The van der Waals surface area contributed by atoms with E-state index >= 15 is 0 Å². The fourth-order valence-electron chi connectivity index (χ4n) is 2.80. The van der Waals surface area contributed by atoms with Gasteiger partial charge in [0.2, 0.25) is 0 Å². The summed E-state index contributed by atoms with van der Waals surface area (Å²) in [7, 11) is 0. The average Bonchev–Trinajstić information content (AvgIpc) is 2.38. The molecular formula is C15H31NS. The molecule has 1 nitrogen and oxygen atoms in total. The third kappa shape index (κ3) is 5.65. The summed E-state index contributed by atoms with van der Waals surface area (Å²) in [5.41, 5.74) is 0. The Bertz CT molecular complexity index is 187. The minimum atomic E-state index is 0.751. The molecule has 102 valence electrons. The van der Waals surface area contributed by atoms with Crippen molar-refractivity contribution < 1.29 is 0 Å². The van der Waals surface area contributed by atoms with Crippen molar-refractivity contribution in [2.75, 3.05) is 6.26 Å². The van der Waals surface area contributed by atoms with Crippen LogP contribution in [-0.2, 0) is 0 Å². The van der Waals surface area contributed by atoms with Gasteiger partial charge < -0.3 is 5.32 Å². The second kappa shape index (κ2) is 8.42. The van der Waals surface area contributed by atoms with Gasteiger partial charge in [0.15, 0.2) is 0 Å². The van der Waals surface area contributed by atoms with Crippen molar-refractivity contribution in [2.24, 2.45) is 5.92 Å². The predicted octanol–water partition coefficient (Wildman–Crippen LogP) is 4.47. The second-order valence-electron chi connectivity index (χ2n) is 5.73. The molecule has 0 aromatic carbocycles. The molecule has 0 heterocycles. The monoisotopic (exact) mass is 257 g/mol. The van der Waals surface area contributed by atoms with Crippen LogP contribution in [0, 0.1) is 5.92 Å². The first-order valence-corrected chi connectivity index (χ1v) is 8.77. The van der Waals surface area contributed by atoms with Crippen LogP contribution in [0.2, 0.25) is 0 Å². The normalized spacial score (nSPS) is 28.9. The van der Waals surface area contributed by atoms with Gasteiger partial charge in [-0.25, -0.2) is 0 Å². The molecule has 1 N–H and O–H groups in total. The van der Waals surface area contributed by atoms with Crippen molar-refractivity contribution in [3.05, 3.63) is 0 Å². The van der Waals surface area contributed by atoms with Crippen molar-refractivity contribution in [1.82, 2.24) is 5.32 Å². The maximum atomic E-state index is 3.91. The lowest BCUT2D eigenvalue weighted by Crippen LogP contribution is -2.41.